The predicted molar refractivity (Wildman–Crippen MR) is 210 cm³/mol. The molecule has 12 nitrogen and oxygen atoms in total. The van der Waals surface area contributed by atoms with E-state index in [2.05, 4.69) is 39.9 Å². The van der Waals surface area contributed by atoms with Gasteiger partial charge in [0.25, 0.3) is 0 Å². The summed E-state index contributed by atoms with van der Waals surface area (Å²) in [7, 11) is 4.27. The number of anilines is 1. The Kier molecular flexibility index (Phi) is 8.60. The standard InChI is InChI=1S/C44H54N4O8/c1-6-40-14-10-16-47-18-15-42(36(40)47)30-19-31(34(54-3)20-33(30)48(26-49)37(42)44(53,24-40)39(51)56-5)43(38(50)55-4)22-27-21-41(52,7-2)25-46(23-27)17-13-29-28-11-8-9-12-32(28)45-35(29)43/h8-12,14,19-20,26-27,36-37,45,52-53H,6-7,13,15-18,21-25H2,1-5H3/t27-,36-,37-,40-,41+,42+,43+,44-/m1/s1. The second-order valence-corrected chi connectivity index (χ2v) is 17.5. The van der Waals surface area contributed by atoms with Crippen LogP contribution in [-0.4, -0.2) is 121 Å². The van der Waals surface area contributed by atoms with Crippen LogP contribution in [0.1, 0.15) is 74.8 Å². The molecule has 0 radical (unpaired) electrons. The predicted octanol–water partition coefficient (Wildman–Crippen LogP) is 3.98. The summed E-state index contributed by atoms with van der Waals surface area (Å²) >= 11 is 0. The zero-order valence-electron chi connectivity index (χ0n) is 33.1. The monoisotopic (exact) mass is 766 g/mol. The highest BCUT2D eigenvalue weighted by molar-refractivity contribution is 5.96. The molecule has 3 fully saturated rings. The van der Waals surface area contributed by atoms with Crippen molar-refractivity contribution in [2.24, 2.45) is 11.3 Å². The Balaban J connectivity index is 1.37. The number of benzene rings is 2. The first-order valence-corrected chi connectivity index (χ1v) is 20.2. The van der Waals surface area contributed by atoms with E-state index in [0.717, 1.165) is 34.1 Å². The van der Waals surface area contributed by atoms with Crippen molar-refractivity contribution in [3.05, 3.63) is 70.9 Å². The number of para-hydroxylation sites is 1. The third kappa shape index (κ3) is 4.76. The number of carbonyl (C=O) groups is 3. The summed E-state index contributed by atoms with van der Waals surface area (Å²) in [5.74, 6) is -0.932. The van der Waals surface area contributed by atoms with Crippen LogP contribution < -0.4 is 9.64 Å². The van der Waals surface area contributed by atoms with Crippen LogP contribution in [0.2, 0.25) is 0 Å². The van der Waals surface area contributed by atoms with Gasteiger partial charge in [-0.25, -0.2) is 4.79 Å². The molecule has 12 heteroatoms. The summed E-state index contributed by atoms with van der Waals surface area (Å²) in [6, 6.07) is 10.9. The van der Waals surface area contributed by atoms with Crippen LogP contribution in [0.5, 0.6) is 5.75 Å². The zero-order chi connectivity index (χ0) is 39.4. The molecule has 9 rings (SSSR count). The van der Waals surface area contributed by atoms with E-state index >= 15 is 4.79 Å². The summed E-state index contributed by atoms with van der Waals surface area (Å²) in [5, 5.41) is 25.8. The molecule has 1 unspecified atom stereocenters. The summed E-state index contributed by atoms with van der Waals surface area (Å²) in [6.07, 6.45) is 8.41. The van der Waals surface area contributed by atoms with Crippen molar-refractivity contribution in [3.8, 4) is 5.75 Å². The maximum absolute atomic E-state index is 15.2. The number of esters is 2. The van der Waals surface area contributed by atoms with Gasteiger partial charge in [-0.2, -0.15) is 0 Å². The maximum Gasteiger partial charge on any atom is 0.340 e. The van der Waals surface area contributed by atoms with E-state index < -0.39 is 45.4 Å². The first-order chi connectivity index (χ1) is 26.9. The highest BCUT2D eigenvalue weighted by Crippen LogP contribution is 2.67. The number of piperidine rings is 1. The molecule has 1 spiro atoms. The molecule has 2 saturated heterocycles. The molecule has 2 aromatic carbocycles. The number of nitrogens with zero attached hydrogens (tertiary/aromatic N) is 3. The number of nitrogens with one attached hydrogen (secondary N) is 1. The average Bonchev–Trinajstić information content (AvgIpc) is 3.88. The van der Waals surface area contributed by atoms with E-state index in [9.17, 15) is 19.8 Å². The third-order valence-electron chi connectivity index (χ3n) is 15.1. The van der Waals surface area contributed by atoms with Crippen LogP contribution in [-0.2, 0) is 41.1 Å². The number of aliphatic hydroxyl groups is 2. The lowest BCUT2D eigenvalue weighted by Crippen LogP contribution is -2.74. The number of methoxy groups -OCH3 is 3. The van der Waals surface area contributed by atoms with E-state index in [1.807, 2.05) is 37.3 Å². The Morgan fingerprint density at radius 2 is 1.77 bits per heavy atom. The molecule has 5 aliphatic heterocycles. The van der Waals surface area contributed by atoms with E-state index in [1.54, 1.807) is 7.11 Å². The number of carbonyl (C=O) groups excluding carboxylic acids is 3. The fraction of sp³-hybridized carbons (Fsp3) is 0.568. The quantitative estimate of drug-likeness (QED) is 0.184. The van der Waals surface area contributed by atoms with Crippen molar-refractivity contribution in [3.63, 3.8) is 0 Å². The van der Waals surface area contributed by atoms with Crippen LogP contribution in [0.3, 0.4) is 0 Å². The average molecular weight is 767 g/mol. The van der Waals surface area contributed by atoms with Gasteiger partial charge in [0, 0.05) is 71.3 Å². The molecular weight excluding hydrogens is 713 g/mol. The van der Waals surface area contributed by atoms with Crippen molar-refractivity contribution in [2.75, 3.05) is 59.0 Å². The Labute approximate surface area is 327 Å². The number of aromatic amines is 1. The Bertz CT molecular complexity index is 2150. The molecule has 1 saturated carbocycles. The first kappa shape index (κ1) is 37.4. The van der Waals surface area contributed by atoms with Gasteiger partial charge in [-0.3, -0.25) is 19.4 Å². The number of ether oxygens (including phenoxy) is 3. The van der Waals surface area contributed by atoms with Gasteiger partial charge < -0.3 is 34.3 Å². The van der Waals surface area contributed by atoms with Crippen molar-refractivity contribution >= 4 is 34.9 Å². The molecule has 3 N–H and O–H groups in total. The molecule has 1 aromatic heterocycles. The van der Waals surface area contributed by atoms with Crippen LogP contribution in [0.25, 0.3) is 10.9 Å². The summed E-state index contributed by atoms with van der Waals surface area (Å²) in [6.45, 7) is 7.49. The fourth-order valence-electron chi connectivity index (χ4n) is 13.0. The van der Waals surface area contributed by atoms with Gasteiger partial charge in [-0.05, 0) is 80.7 Å². The number of hydrogen-bond acceptors (Lipinski definition) is 10. The SMILES string of the molecule is CC[C@]1(O)C[C@H]2CN(CCc3c([nH]c4ccccc34)[C@@](C(=O)OC)(c3cc4c(cc3OC)N(C=O)[C@@H]3[C@@]45CCN4CC=C[C@](CC)(C[C@]3(O)C(=O)OC)[C@@H]45)C2)C1. The lowest BCUT2D eigenvalue weighted by Gasteiger charge is -2.60. The van der Waals surface area contributed by atoms with E-state index in [0.29, 0.717) is 88.2 Å². The minimum atomic E-state index is -2.04. The van der Waals surface area contributed by atoms with E-state index in [1.165, 1.54) is 19.1 Å². The van der Waals surface area contributed by atoms with Crippen molar-refractivity contribution in [1.29, 1.82) is 0 Å². The highest BCUT2D eigenvalue weighted by atomic mass is 16.5. The van der Waals surface area contributed by atoms with Gasteiger partial charge in [0.05, 0.1) is 38.7 Å². The number of fused-ring (bicyclic) bond motifs is 6. The number of amides is 1. The van der Waals surface area contributed by atoms with Gasteiger partial charge in [0.2, 0.25) is 6.41 Å². The summed E-state index contributed by atoms with van der Waals surface area (Å²) in [5.41, 5.74) is -1.32. The van der Waals surface area contributed by atoms with Crippen molar-refractivity contribution in [2.45, 2.75) is 92.9 Å². The van der Waals surface area contributed by atoms with Crippen LogP contribution >= 0.6 is 0 Å². The second-order valence-electron chi connectivity index (χ2n) is 17.5. The highest BCUT2D eigenvalue weighted by Gasteiger charge is 2.76. The molecular formula is C44H54N4O8. The molecule has 298 valence electrons. The first-order valence-electron chi connectivity index (χ1n) is 20.2. The number of aromatic nitrogens is 1. The van der Waals surface area contributed by atoms with Crippen LogP contribution in [0, 0.1) is 11.3 Å². The molecule has 56 heavy (non-hydrogen) atoms. The van der Waals surface area contributed by atoms with Gasteiger partial charge in [0.1, 0.15) is 11.2 Å². The second kappa shape index (κ2) is 12.9. The molecule has 6 aliphatic rings. The normalized spacial score (nSPS) is 37.0. The Hall–Kier alpha value is -4.23. The Morgan fingerprint density at radius 1 is 0.982 bits per heavy atom. The van der Waals surface area contributed by atoms with Gasteiger partial charge in [0.15, 0.2) is 5.60 Å². The number of rotatable bonds is 7. The minimum Gasteiger partial charge on any atom is -0.496 e. The number of hydrogen-bond donors (Lipinski definition) is 3. The van der Waals surface area contributed by atoms with Gasteiger partial charge >= 0.3 is 11.9 Å². The van der Waals surface area contributed by atoms with Gasteiger partial charge in [-0.15, -0.1) is 0 Å². The smallest absolute Gasteiger partial charge is 0.340 e. The lowest BCUT2D eigenvalue weighted by atomic mass is 9.49. The van der Waals surface area contributed by atoms with E-state index in [-0.39, 0.29) is 18.4 Å². The number of H-pyrrole nitrogens is 1. The fourth-order valence-corrected chi connectivity index (χ4v) is 13.0. The van der Waals surface area contributed by atoms with Crippen LogP contribution in [0.15, 0.2) is 48.6 Å². The topological polar surface area (TPSA) is 145 Å². The minimum absolute atomic E-state index is 0.0959. The molecule has 2 bridgehead atoms. The molecule has 1 aliphatic carbocycles. The molecule has 1 amide bonds. The third-order valence-corrected chi connectivity index (χ3v) is 15.1. The lowest BCUT2D eigenvalue weighted by molar-refractivity contribution is -0.181. The largest absolute Gasteiger partial charge is 0.496 e. The Morgan fingerprint density at radius 3 is 2.48 bits per heavy atom. The van der Waals surface area contributed by atoms with E-state index in [4.69, 9.17) is 14.2 Å². The van der Waals surface area contributed by atoms with Crippen molar-refractivity contribution in [1.82, 2.24) is 14.8 Å². The summed E-state index contributed by atoms with van der Waals surface area (Å²) < 4.78 is 17.6. The maximum atomic E-state index is 15.2. The molecule has 9 atom stereocenters. The van der Waals surface area contributed by atoms with Gasteiger partial charge in [-0.1, -0.05) is 44.2 Å². The zero-order valence-corrected chi connectivity index (χ0v) is 33.1. The molecule has 3 aromatic rings. The van der Waals surface area contributed by atoms with Crippen LogP contribution in [0.4, 0.5) is 5.69 Å². The molecule has 6 heterocycles. The van der Waals surface area contributed by atoms with Crippen molar-refractivity contribution < 1.29 is 38.8 Å². The summed E-state index contributed by atoms with van der Waals surface area (Å²) in [4.78, 5) is 52.8.